The molecule has 0 N–H and O–H groups in total. The van der Waals surface area contributed by atoms with Gasteiger partial charge in [-0.2, -0.15) is 0 Å². The summed E-state index contributed by atoms with van der Waals surface area (Å²) < 4.78 is 2.26. The van der Waals surface area contributed by atoms with Crippen molar-refractivity contribution in [1.29, 1.82) is 0 Å². The van der Waals surface area contributed by atoms with Crippen LogP contribution in [-0.2, 0) is 0 Å². The molecule has 262 valence electrons. The Bertz CT molecular complexity index is 3200. The van der Waals surface area contributed by atoms with Gasteiger partial charge in [-0.05, 0) is 126 Å². The molecule has 0 fully saturated rings. The average Bonchev–Trinajstić information content (AvgIpc) is 3.49. The summed E-state index contributed by atoms with van der Waals surface area (Å²) in [6.07, 6.45) is 10.2. The normalized spacial score (nSPS) is 12.4. The van der Waals surface area contributed by atoms with E-state index in [-0.39, 0.29) is 0 Å². The highest BCUT2D eigenvalue weighted by molar-refractivity contribution is 6.14. The van der Waals surface area contributed by atoms with Gasteiger partial charge >= 0.3 is 0 Å². The molecule has 0 amide bonds. The summed E-state index contributed by atoms with van der Waals surface area (Å²) in [5.74, 6) is 0.934. The van der Waals surface area contributed by atoms with Gasteiger partial charge in [0.1, 0.15) is 5.82 Å². The van der Waals surface area contributed by atoms with Crippen LogP contribution >= 0.6 is 0 Å². The average molecular weight is 713 g/mol. The number of rotatable bonds is 5. The molecule has 9 aromatic carbocycles. The Morgan fingerprint density at radius 1 is 0.393 bits per heavy atom. The van der Waals surface area contributed by atoms with Gasteiger partial charge in [0.2, 0.25) is 0 Å². The van der Waals surface area contributed by atoms with Crippen molar-refractivity contribution in [3.05, 3.63) is 205 Å². The Hall–Kier alpha value is -7.29. The van der Waals surface area contributed by atoms with Gasteiger partial charge in [0.15, 0.2) is 0 Å². The van der Waals surface area contributed by atoms with E-state index in [1.54, 1.807) is 0 Å². The van der Waals surface area contributed by atoms with E-state index in [9.17, 15) is 0 Å². The van der Waals surface area contributed by atoms with Crippen molar-refractivity contribution in [1.82, 2.24) is 9.55 Å². The van der Waals surface area contributed by atoms with Crippen molar-refractivity contribution in [3.63, 3.8) is 0 Å². The molecule has 0 bridgehead atoms. The highest BCUT2D eigenvalue weighted by atomic mass is 15.1. The first-order valence-corrected chi connectivity index (χ1v) is 19.4. The first-order chi connectivity index (χ1) is 27.8. The maximum Gasteiger partial charge on any atom is 0.145 e. The predicted octanol–water partition coefficient (Wildman–Crippen LogP) is 14.6. The third-order valence-electron chi connectivity index (χ3n) is 11.4. The molecule has 2 heteroatoms. The van der Waals surface area contributed by atoms with E-state index in [2.05, 4.69) is 211 Å². The maximum atomic E-state index is 5.13. The Morgan fingerprint density at radius 2 is 0.929 bits per heavy atom. The standard InChI is InChI=1S/C54H36N2/c1-3-17-45(18-4-1)56-51-22-12-11-21-50(51)55-54(56)39-27-23-38(24-28-39)42-31-32-48-49(35-42)53(44-30-26-37-14-8-10-16-41(37)34-44)47-20-6-2-5-19-46(47)52(48)43-29-25-36-13-7-9-15-40(36)33-43/h1,3-35H,2H2. The molecule has 56 heavy (non-hydrogen) atoms. The van der Waals surface area contributed by atoms with E-state index in [1.165, 1.54) is 76.8 Å². The first-order valence-electron chi connectivity index (χ1n) is 19.4. The van der Waals surface area contributed by atoms with E-state index >= 15 is 0 Å². The van der Waals surface area contributed by atoms with Crippen LogP contribution in [0.4, 0.5) is 0 Å². The first kappa shape index (κ1) is 32.2. The lowest BCUT2D eigenvalue weighted by molar-refractivity contribution is 1.10. The summed E-state index contributed by atoms with van der Waals surface area (Å²) in [7, 11) is 0. The van der Waals surface area contributed by atoms with Gasteiger partial charge in [0.25, 0.3) is 0 Å². The van der Waals surface area contributed by atoms with Gasteiger partial charge in [-0.15, -0.1) is 0 Å². The molecule has 0 radical (unpaired) electrons. The van der Waals surface area contributed by atoms with Crippen molar-refractivity contribution in [3.8, 4) is 50.5 Å². The quantitative estimate of drug-likeness (QED) is 0.174. The number of aromatic nitrogens is 2. The van der Waals surface area contributed by atoms with Crippen LogP contribution in [0.5, 0.6) is 0 Å². The van der Waals surface area contributed by atoms with Gasteiger partial charge in [-0.25, -0.2) is 4.98 Å². The summed E-state index contributed by atoms with van der Waals surface area (Å²) in [5, 5.41) is 7.48. The summed E-state index contributed by atoms with van der Waals surface area (Å²) >= 11 is 0. The highest BCUT2D eigenvalue weighted by Gasteiger charge is 2.21. The lowest BCUT2D eigenvalue weighted by Gasteiger charge is -2.21. The maximum absolute atomic E-state index is 5.13. The lowest BCUT2D eigenvalue weighted by Crippen LogP contribution is -1.97. The smallest absolute Gasteiger partial charge is 0.145 e. The summed E-state index contributed by atoms with van der Waals surface area (Å²) in [4.78, 5) is 5.13. The monoisotopic (exact) mass is 712 g/mol. The van der Waals surface area contributed by atoms with Gasteiger partial charge in [0.05, 0.1) is 11.0 Å². The fourth-order valence-electron chi connectivity index (χ4n) is 8.69. The number of para-hydroxylation sites is 3. The van der Waals surface area contributed by atoms with Gasteiger partial charge in [-0.3, -0.25) is 4.57 Å². The second kappa shape index (κ2) is 13.2. The molecule has 0 saturated carbocycles. The van der Waals surface area contributed by atoms with Crippen LogP contribution in [0.15, 0.2) is 194 Å². The highest BCUT2D eigenvalue weighted by Crippen LogP contribution is 2.46. The van der Waals surface area contributed by atoms with Crippen LogP contribution in [0, 0.1) is 0 Å². The minimum atomic E-state index is 0.898. The summed E-state index contributed by atoms with van der Waals surface area (Å²) in [5.41, 5.74) is 14.1. The molecule has 0 aliphatic heterocycles. The number of hydrogen-bond acceptors (Lipinski definition) is 1. The number of nitrogens with zero attached hydrogens (tertiary/aromatic N) is 2. The van der Waals surface area contributed by atoms with E-state index < -0.39 is 0 Å². The zero-order valence-electron chi connectivity index (χ0n) is 30.7. The van der Waals surface area contributed by atoms with E-state index in [1.807, 2.05) is 0 Å². The van der Waals surface area contributed by atoms with E-state index in [0.717, 1.165) is 34.5 Å². The molecule has 2 nitrogen and oxygen atoms in total. The molecule has 0 saturated heterocycles. The Kier molecular flexibility index (Phi) is 7.60. The Morgan fingerprint density at radius 3 is 1.61 bits per heavy atom. The molecule has 1 aromatic heterocycles. The van der Waals surface area contributed by atoms with Crippen molar-refractivity contribution < 1.29 is 0 Å². The minimum absolute atomic E-state index is 0.898. The van der Waals surface area contributed by atoms with E-state index in [4.69, 9.17) is 4.98 Å². The Balaban J connectivity index is 1.13. The summed E-state index contributed by atoms with van der Waals surface area (Å²) in [6.45, 7) is 0. The minimum Gasteiger partial charge on any atom is -0.292 e. The molecular weight excluding hydrogens is 677 g/mol. The van der Waals surface area contributed by atoms with Crippen molar-refractivity contribution in [2.24, 2.45) is 0 Å². The van der Waals surface area contributed by atoms with Crippen molar-refractivity contribution in [2.45, 2.75) is 6.42 Å². The fourth-order valence-corrected chi connectivity index (χ4v) is 8.69. The fraction of sp³-hybridized carbons (Fsp3) is 0.0185. The molecular formula is C54H36N2. The van der Waals surface area contributed by atoms with Gasteiger partial charge < -0.3 is 0 Å². The van der Waals surface area contributed by atoms with Gasteiger partial charge in [0, 0.05) is 11.3 Å². The van der Waals surface area contributed by atoms with Crippen LogP contribution < -0.4 is 0 Å². The van der Waals surface area contributed by atoms with Crippen LogP contribution in [0.2, 0.25) is 0 Å². The number of fused-ring (bicyclic) bond motifs is 5. The van der Waals surface area contributed by atoms with E-state index in [0.29, 0.717) is 0 Å². The largest absolute Gasteiger partial charge is 0.292 e. The molecule has 1 aliphatic carbocycles. The summed E-state index contributed by atoms with van der Waals surface area (Å²) in [6, 6.07) is 66.0. The Labute approximate surface area is 326 Å². The third-order valence-corrected chi connectivity index (χ3v) is 11.4. The number of benzene rings is 9. The topological polar surface area (TPSA) is 17.8 Å². The number of allylic oxidation sites excluding steroid dienone is 2. The van der Waals surface area contributed by atoms with Crippen LogP contribution in [0.25, 0.3) is 106 Å². The second-order valence-electron chi connectivity index (χ2n) is 14.7. The zero-order valence-corrected chi connectivity index (χ0v) is 30.7. The zero-order chi connectivity index (χ0) is 37.0. The predicted molar refractivity (Wildman–Crippen MR) is 238 cm³/mol. The molecule has 11 rings (SSSR count). The molecule has 0 atom stereocenters. The molecule has 10 aromatic rings. The molecule has 1 heterocycles. The van der Waals surface area contributed by atoms with Crippen LogP contribution in [-0.4, -0.2) is 9.55 Å². The SMILES string of the molecule is C1=Cc2c(c(-c3ccc4ccccc4c3)c3cc(-c4ccc(-c5nc6ccccc6n5-c5ccccc5)cc4)ccc3c2-c2ccc3ccccc3c2)C=CC1. The van der Waals surface area contributed by atoms with Gasteiger partial charge in [-0.1, -0.05) is 164 Å². The van der Waals surface area contributed by atoms with Crippen molar-refractivity contribution >= 4 is 55.5 Å². The second-order valence-corrected chi connectivity index (χ2v) is 14.7. The third kappa shape index (κ3) is 5.38. The number of hydrogen-bond donors (Lipinski definition) is 0. The number of imidazole rings is 1. The molecule has 0 unspecified atom stereocenters. The van der Waals surface area contributed by atoms with Crippen molar-refractivity contribution in [2.75, 3.05) is 0 Å². The molecule has 0 spiro atoms. The van der Waals surface area contributed by atoms with Crippen LogP contribution in [0.1, 0.15) is 17.5 Å². The molecule has 1 aliphatic rings. The van der Waals surface area contributed by atoms with Crippen LogP contribution in [0.3, 0.4) is 0 Å². The lowest BCUT2D eigenvalue weighted by atomic mass is 9.82.